The molecule has 0 aliphatic heterocycles. The molecule has 0 radical (unpaired) electrons. The van der Waals surface area contributed by atoms with Crippen molar-refractivity contribution < 1.29 is 9.59 Å². The third-order valence-electron chi connectivity index (χ3n) is 4.41. The molecule has 0 aliphatic carbocycles. The molecule has 2 aromatic carbocycles. The van der Waals surface area contributed by atoms with Crippen LogP contribution >= 0.6 is 11.6 Å². The zero-order valence-electron chi connectivity index (χ0n) is 16.1. The van der Waals surface area contributed by atoms with Crippen LogP contribution < -0.4 is 16.4 Å². The highest BCUT2D eigenvalue weighted by Crippen LogP contribution is 2.22. The number of benzene rings is 2. The number of aromatic nitrogens is 2. The summed E-state index contributed by atoms with van der Waals surface area (Å²) in [6, 6.07) is 13.5. The van der Waals surface area contributed by atoms with Gasteiger partial charge in [-0.25, -0.2) is 9.97 Å². The molecule has 0 spiro atoms. The van der Waals surface area contributed by atoms with E-state index in [0.29, 0.717) is 27.7 Å². The van der Waals surface area contributed by atoms with Crippen molar-refractivity contribution in [3.05, 3.63) is 64.9 Å². The zero-order chi connectivity index (χ0) is 21.0. The van der Waals surface area contributed by atoms with E-state index in [4.69, 9.17) is 17.3 Å². The van der Waals surface area contributed by atoms with Crippen molar-refractivity contribution in [2.75, 3.05) is 5.32 Å². The Morgan fingerprint density at radius 1 is 1.10 bits per heavy atom. The highest BCUT2D eigenvalue weighted by Gasteiger charge is 2.21. The van der Waals surface area contributed by atoms with E-state index >= 15 is 0 Å². The Hall–Kier alpha value is -3.19. The summed E-state index contributed by atoms with van der Waals surface area (Å²) in [5, 5.41) is 7.17. The van der Waals surface area contributed by atoms with Gasteiger partial charge in [0.15, 0.2) is 5.82 Å². The van der Waals surface area contributed by atoms with Crippen molar-refractivity contribution in [2.24, 2.45) is 11.7 Å². The highest BCUT2D eigenvalue weighted by molar-refractivity contribution is 6.30. The molecule has 0 fully saturated rings. The van der Waals surface area contributed by atoms with E-state index in [1.165, 1.54) is 0 Å². The summed E-state index contributed by atoms with van der Waals surface area (Å²) in [5.41, 5.74) is 6.68. The Labute approximate surface area is 173 Å². The summed E-state index contributed by atoms with van der Waals surface area (Å²) >= 11 is 5.94. The number of rotatable bonds is 7. The Morgan fingerprint density at radius 2 is 1.86 bits per heavy atom. The van der Waals surface area contributed by atoms with Gasteiger partial charge in [0.2, 0.25) is 5.91 Å². The lowest BCUT2D eigenvalue weighted by molar-refractivity contribution is -0.119. The van der Waals surface area contributed by atoms with Crippen LogP contribution in [0.5, 0.6) is 0 Å². The molecule has 3 rings (SSSR count). The summed E-state index contributed by atoms with van der Waals surface area (Å²) in [5.74, 6) is 0.148. The van der Waals surface area contributed by atoms with Crippen LogP contribution in [-0.4, -0.2) is 27.8 Å². The second kappa shape index (κ2) is 8.87. The SMILES string of the molecule is CC(C)[C@H](Nc1nc(CNC(=O)c2cccc(Cl)c2)nc2ccccc12)C(N)=O. The topological polar surface area (TPSA) is 110 Å². The van der Waals surface area contributed by atoms with Gasteiger partial charge in [-0.1, -0.05) is 43.6 Å². The second-order valence-corrected chi connectivity index (χ2v) is 7.40. The molecule has 0 unspecified atom stereocenters. The van der Waals surface area contributed by atoms with E-state index in [9.17, 15) is 9.59 Å². The Balaban J connectivity index is 1.87. The van der Waals surface area contributed by atoms with E-state index in [1.807, 2.05) is 38.1 Å². The number of hydrogen-bond donors (Lipinski definition) is 3. The van der Waals surface area contributed by atoms with E-state index in [2.05, 4.69) is 20.6 Å². The standard InChI is InChI=1S/C21H22ClN5O2/c1-12(2)18(19(23)28)27-20-15-8-3-4-9-16(15)25-17(26-20)11-24-21(29)13-6-5-7-14(22)10-13/h3-10,12,18H,11H2,1-2H3,(H2,23,28)(H,24,29)(H,25,26,27)/t18-/m0/s1. The zero-order valence-corrected chi connectivity index (χ0v) is 16.9. The minimum Gasteiger partial charge on any atom is -0.368 e. The van der Waals surface area contributed by atoms with Crippen molar-refractivity contribution >= 4 is 40.1 Å². The monoisotopic (exact) mass is 411 g/mol. The lowest BCUT2D eigenvalue weighted by atomic mass is 10.0. The van der Waals surface area contributed by atoms with Crippen LogP contribution in [0.25, 0.3) is 10.9 Å². The van der Waals surface area contributed by atoms with Crippen LogP contribution in [0, 0.1) is 5.92 Å². The van der Waals surface area contributed by atoms with Crippen molar-refractivity contribution in [2.45, 2.75) is 26.4 Å². The van der Waals surface area contributed by atoms with E-state index < -0.39 is 11.9 Å². The number of nitrogens with two attached hydrogens (primary N) is 1. The average Bonchev–Trinajstić information content (AvgIpc) is 2.69. The second-order valence-electron chi connectivity index (χ2n) is 6.97. The lowest BCUT2D eigenvalue weighted by Crippen LogP contribution is -2.40. The highest BCUT2D eigenvalue weighted by atomic mass is 35.5. The first kappa shape index (κ1) is 20.5. The number of nitrogens with zero attached hydrogens (tertiary/aromatic N) is 2. The minimum absolute atomic E-state index is 0.0211. The molecule has 0 saturated heterocycles. The molecule has 7 nitrogen and oxygen atoms in total. The van der Waals surface area contributed by atoms with Crippen molar-refractivity contribution in [1.82, 2.24) is 15.3 Å². The normalized spacial score (nSPS) is 12.0. The Kier molecular flexibility index (Phi) is 6.29. The smallest absolute Gasteiger partial charge is 0.251 e. The number of carbonyl (C=O) groups excluding carboxylic acids is 2. The van der Waals surface area contributed by atoms with Gasteiger partial charge in [-0.05, 0) is 36.2 Å². The average molecular weight is 412 g/mol. The maximum absolute atomic E-state index is 12.4. The molecule has 2 amide bonds. The first-order valence-electron chi connectivity index (χ1n) is 9.20. The molecule has 1 heterocycles. The number of halogens is 1. The van der Waals surface area contributed by atoms with Gasteiger partial charge in [-0.2, -0.15) is 0 Å². The molecule has 3 aromatic rings. The summed E-state index contributed by atoms with van der Waals surface area (Å²) in [6.07, 6.45) is 0. The summed E-state index contributed by atoms with van der Waals surface area (Å²) in [7, 11) is 0. The van der Waals surface area contributed by atoms with Gasteiger partial charge in [-0.15, -0.1) is 0 Å². The fourth-order valence-corrected chi connectivity index (χ4v) is 3.11. The van der Waals surface area contributed by atoms with E-state index in [0.717, 1.165) is 5.39 Å². The Bertz CT molecular complexity index is 1050. The molecule has 29 heavy (non-hydrogen) atoms. The van der Waals surface area contributed by atoms with Crippen LogP contribution in [0.3, 0.4) is 0 Å². The van der Waals surface area contributed by atoms with Crippen LogP contribution in [0.4, 0.5) is 5.82 Å². The molecule has 4 N–H and O–H groups in total. The molecule has 150 valence electrons. The number of carbonyl (C=O) groups is 2. The number of hydrogen-bond acceptors (Lipinski definition) is 5. The number of nitrogens with one attached hydrogen (secondary N) is 2. The van der Waals surface area contributed by atoms with E-state index in [1.54, 1.807) is 24.3 Å². The fourth-order valence-electron chi connectivity index (χ4n) is 2.92. The van der Waals surface area contributed by atoms with Crippen molar-refractivity contribution in [1.29, 1.82) is 0 Å². The predicted octanol–water partition coefficient (Wildman–Crippen LogP) is 3.14. The third kappa shape index (κ3) is 5.00. The van der Waals surface area contributed by atoms with Gasteiger partial charge >= 0.3 is 0 Å². The Morgan fingerprint density at radius 3 is 2.55 bits per heavy atom. The molecule has 0 bridgehead atoms. The van der Waals surface area contributed by atoms with Gasteiger partial charge in [0.25, 0.3) is 5.91 Å². The number of anilines is 1. The van der Waals surface area contributed by atoms with Gasteiger partial charge in [-0.3, -0.25) is 9.59 Å². The summed E-state index contributed by atoms with van der Waals surface area (Å²) in [6.45, 7) is 3.92. The van der Waals surface area contributed by atoms with Gasteiger partial charge < -0.3 is 16.4 Å². The molecule has 1 aromatic heterocycles. The maximum Gasteiger partial charge on any atom is 0.251 e. The van der Waals surface area contributed by atoms with Gasteiger partial charge in [0.05, 0.1) is 12.1 Å². The van der Waals surface area contributed by atoms with Gasteiger partial charge in [0, 0.05) is 16.0 Å². The van der Waals surface area contributed by atoms with Crippen LogP contribution in [0.1, 0.15) is 30.0 Å². The van der Waals surface area contributed by atoms with E-state index in [-0.39, 0.29) is 18.4 Å². The fraction of sp³-hybridized carbons (Fsp3) is 0.238. The van der Waals surface area contributed by atoms with Crippen LogP contribution in [0.15, 0.2) is 48.5 Å². The van der Waals surface area contributed by atoms with Crippen LogP contribution in [-0.2, 0) is 11.3 Å². The first-order chi connectivity index (χ1) is 13.8. The third-order valence-corrected chi connectivity index (χ3v) is 4.64. The quantitative estimate of drug-likeness (QED) is 0.553. The molecule has 8 heteroatoms. The molecular weight excluding hydrogens is 390 g/mol. The van der Waals surface area contributed by atoms with Gasteiger partial charge in [0.1, 0.15) is 11.9 Å². The van der Waals surface area contributed by atoms with Crippen molar-refractivity contribution in [3.63, 3.8) is 0 Å². The summed E-state index contributed by atoms with van der Waals surface area (Å²) < 4.78 is 0. The number of primary amides is 1. The van der Waals surface area contributed by atoms with Crippen molar-refractivity contribution in [3.8, 4) is 0 Å². The molecule has 1 atom stereocenters. The number of amides is 2. The largest absolute Gasteiger partial charge is 0.368 e. The predicted molar refractivity (Wildman–Crippen MR) is 114 cm³/mol. The number of fused-ring (bicyclic) bond motifs is 1. The molecular formula is C21H22ClN5O2. The molecule has 0 aliphatic rings. The lowest BCUT2D eigenvalue weighted by Gasteiger charge is -2.21. The minimum atomic E-state index is -0.581. The maximum atomic E-state index is 12.4. The van der Waals surface area contributed by atoms with Crippen LogP contribution in [0.2, 0.25) is 5.02 Å². The summed E-state index contributed by atoms with van der Waals surface area (Å²) in [4.78, 5) is 33.2. The molecule has 0 saturated carbocycles. The first-order valence-corrected chi connectivity index (χ1v) is 9.58. The number of para-hydroxylation sites is 1.